The Morgan fingerprint density at radius 3 is 1.17 bits per heavy atom. The SMILES string of the molecule is CC(=O)[C@H]1CCC2(C[C@@H]1C(=O)NO)SCCS2.CC(=O)[C@H]1CCC2(C[C@@H]1C(=O)OC(C)(C)C)SCCS2.CCOC(=O)[C@H]1CCC(=O)C[C@@H]1C(=O)OC(C)(C)C.CCOC(=O)[C@H]1CCC2(C[C@@H]1C(=O)OC(C)(C)C)SCCS2.Cc1ccc(S(=O)(=O)O)cc1.SCCS. The van der Waals surface area contributed by atoms with Gasteiger partial charge in [-0.1, -0.05) is 17.7 Å². The summed E-state index contributed by atoms with van der Waals surface area (Å²) in [5.41, 5.74) is 1.03. The Morgan fingerprint density at radius 1 is 0.527 bits per heavy atom. The lowest BCUT2D eigenvalue weighted by molar-refractivity contribution is -0.171. The van der Waals surface area contributed by atoms with Gasteiger partial charge in [-0.2, -0.15) is 33.7 Å². The zero-order valence-electron chi connectivity index (χ0n) is 56.7. The van der Waals surface area contributed by atoms with Crippen LogP contribution >= 0.6 is 95.8 Å². The van der Waals surface area contributed by atoms with E-state index in [1.807, 2.05) is 119 Å². The van der Waals surface area contributed by atoms with Gasteiger partial charge in [-0.3, -0.25) is 52.9 Å². The van der Waals surface area contributed by atoms with Gasteiger partial charge in [0.25, 0.3) is 10.1 Å². The number of hydrogen-bond donors (Lipinski definition) is 5. The molecule has 7 aliphatic rings. The van der Waals surface area contributed by atoms with Crippen molar-refractivity contribution in [3.05, 3.63) is 29.8 Å². The lowest BCUT2D eigenvalue weighted by Crippen LogP contribution is -2.43. The average molecular weight is 1480 g/mol. The van der Waals surface area contributed by atoms with Crippen LogP contribution in [0.5, 0.6) is 0 Å². The minimum Gasteiger partial charge on any atom is -0.466 e. The summed E-state index contributed by atoms with van der Waals surface area (Å²) in [5, 5.41) is 8.79. The standard InChI is InChI=1S/C16H26O4S2.C15H24O3S2.C14H22O5.C11H17NO3S2.C7H8O3S.C2H6S2/c1-5-19-13(17)11-6-7-16(21-8-9-22-16)10-12(11)14(18)20-15(2,3)4;1-10(16)11-5-6-15(19-7-8-20-15)9-12(11)13(17)18-14(2,3)4;1-5-18-12(16)10-7-6-9(15)8-11(10)13(17)19-14(2,3)4;1-7(13)8-2-3-11(16-4-5-17-11)6-9(8)10(14)12-15;1-6-2-4-7(5-3-6)11(8,9)10;3-1-2-4/h11-12H,5-10H2,1-4H3;11-12H,5-9H2,1-4H3;10-11H,5-8H2,1-4H3;8-9,15H,2-6H2,1H3,(H,12,14);2-5H,1H3,(H,8,9,10);3-4H,1-2H2/t11-,12-;11-,12+;10-,11-;8-,9+;;/m0101../s1. The Morgan fingerprint density at radius 2 is 0.849 bits per heavy atom. The summed E-state index contributed by atoms with van der Waals surface area (Å²) in [6.07, 6.45) is 8.21. The van der Waals surface area contributed by atoms with Crippen LogP contribution < -0.4 is 5.48 Å². The van der Waals surface area contributed by atoms with Gasteiger partial charge in [0.1, 0.15) is 34.2 Å². The molecule has 0 aromatic heterocycles. The summed E-state index contributed by atoms with van der Waals surface area (Å²) >= 11 is 19.3. The molecule has 4 saturated carbocycles. The third-order valence-corrected chi connectivity index (χ3v) is 28.3. The van der Waals surface area contributed by atoms with E-state index in [1.54, 1.807) is 59.2 Å². The molecule has 4 aliphatic carbocycles. The summed E-state index contributed by atoms with van der Waals surface area (Å²) in [7, 11) is -4.02. The highest BCUT2D eigenvalue weighted by molar-refractivity contribution is 8.22. The molecule has 0 unspecified atom stereocenters. The van der Waals surface area contributed by atoms with Crippen molar-refractivity contribution < 1.29 is 85.0 Å². The second-order valence-corrected chi connectivity index (χ2v) is 38.7. The molecule has 1 aromatic rings. The van der Waals surface area contributed by atoms with Gasteiger partial charge in [-0.05, 0) is 185 Å². The molecule has 0 bridgehead atoms. The maximum Gasteiger partial charge on any atom is 0.310 e. The van der Waals surface area contributed by atoms with Gasteiger partial charge in [0, 0.05) is 59.2 Å². The van der Waals surface area contributed by atoms with Crippen LogP contribution in [-0.2, 0) is 77.0 Å². The molecule has 7 fully saturated rings. The number of carbonyl (C=O) groups excluding carboxylic acids is 9. The van der Waals surface area contributed by atoms with Crippen LogP contribution in [-0.4, -0.2) is 160 Å². The fourth-order valence-electron chi connectivity index (χ4n) is 11.7. The molecule has 3 aliphatic heterocycles. The number of benzene rings is 1. The number of hydroxylamine groups is 1. The molecule has 1 aromatic carbocycles. The number of esters is 5. The molecule has 1 amide bonds. The molecule has 3 heterocycles. The molecule has 8 atom stereocenters. The second kappa shape index (κ2) is 38.9. The molecule has 3 N–H and O–H groups in total. The minimum atomic E-state index is -4.02. The first kappa shape index (κ1) is 84.9. The van der Waals surface area contributed by atoms with E-state index in [0.717, 1.165) is 90.1 Å². The number of rotatable bonds is 12. The largest absolute Gasteiger partial charge is 0.466 e. The number of nitrogens with one attached hydrogen (secondary N) is 1. The summed E-state index contributed by atoms with van der Waals surface area (Å²) in [4.78, 5) is 108. The lowest BCUT2D eigenvalue weighted by atomic mass is 9.76. The molecule has 19 nitrogen and oxygen atoms in total. The highest BCUT2D eigenvalue weighted by atomic mass is 32.2. The van der Waals surface area contributed by atoms with Crippen LogP contribution in [0, 0.1) is 54.3 Å². The number of thioether (sulfide) groups is 6. The summed E-state index contributed by atoms with van der Waals surface area (Å²) in [6, 6.07) is 5.99. The maximum absolute atomic E-state index is 12.6. The normalized spacial score (nSPS) is 25.2. The van der Waals surface area contributed by atoms with Crippen LogP contribution in [0.4, 0.5) is 0 Å². The molecule has 8 rings (SSSR count). The van der Waals surface area contributed by atoms with Crippen molar-refractivity contribution in [3.8, 4) is 0 Å². The average Bonchev–Trinajstić information content (AvgIpc) is 1.79. The summed E-state index contributed by atoms with van der Waals surface area (Å²) in [5.74, 6) is 3.68. The lowest BCUT2D eigenvalue weighted by Gasteiger charge is -2.40. The van der Waals surface area contributed by atoms with Crippen molar-refractivity contribution in [2.24, 2.45) is 47.3 Å². The van der Waals surface area contributed by atoms with E-state index in [2.05, 4.69) is 25.3 Å². The van der Waals surface area contributed by atoms with E-state index < -0.39 is 56.6 Å². The number of ether oxygens (including phenoxy) is 5. The van der Waals surface area contributed by atoms with Gasteiger partial charge < -0.3 is 23.7 Å². The van der Waals surface area contributed by atoms with Crippen LogP contribution in [0.3, 0.4) is 0 Å². The maximum atomic E-state index is 12.6. The van der Waals surface area contributed by atoms with E-state index >= 15 is 0 Å². The van der Waals surface area contributed by atoms with Crippen LogP contribution in [0.2, 0.25) is 0 Å². The molecule has 3 saturated heterocycles. The fraction of sp³-hybridized carbons (Fsp3) is 0.769. The van der Waals surface area contributed by atoms with E-state index in [9.17, 15) is 51.6 Å². The molecular formula is C65H103NO18S9. The third-order valence-electron chi connectivity index (χ3n) is 15.9. The zero-order chi connectivity index (χ0) is 70.3. The van der Waals surface area contributed by atoms with Gasteiger partial charge >= 0.3 is 29.8 Å². The van der Waals surface area contributed by atoms with E-state index in [0.29, 0.717) is 38.7 Å². The van der Waals surface area contributed by atoms with Crippen LogP contribution in [0.15, 0.2) is 29.2 Å². The Bertz CT molecular complexity index is 2750. The second-order valence-electron chi connectivity index (χ2n) is 26.7. The number of thiol groups is 2. The Balaban J connectivity index is 0.000000302. The van der Waals surface area contributed by atoms with Crippen molar-refractivity contribution in [1.82, 2.24) is 5.48 Å². The molecule has 93 heavy (non-hydrogen) atoms. The highest BCUT2D eigenvalue weighted by Gasteiger charge is 2.52. The summed E-state index contributed by atoms with van der Waals surface area (Å²) in [6.45, 7) is 25.6. The van der Waals surface area contributed by atoms with Crippen LogP contribution in [0.1, 0.15) is 173 Å². The zero-order valence-corrected chi connectivity index (χ0v) is 64.2. The van der Waals surface area contributed by atoms with Crippen molar-refractivity contribution in [3.63, 3.8) is 0 Å². The minimum absolute atomic E-state index is 0.00333. The Hall–Kier alpha value is -2.28. The van der Waals surface area contributed by atoms with Gasteiger partial charge in [-0.25, -0.2) is 5.48 Å². The van der Waals surface area contributed by atoms with E-state index in [-0.39, 0.29) is 101 Å². The number of hydrogen-bond acceptors (Lipinski definition) is 25. The first-order chi connectivity index (χ1) is 43.2. The van der Waals surface area contributed by atoms with E-state index in [4.69, 9.17) is 33.4 Å². The monoisotopic (exact) mass is 1470 g/mol. The van der Waals surface area contributed by atoms with Gasteiger partial charge in [0.15, 0.2) is 0 Å². The van der Waals surface area contributed by atoms with Gasteiger partial charge in [0.2, 0.25) is 5.91 Å². The quantitative estimate of drug-likeness (QED) is 0.0324. The predicted molar refractivity (Wildman–Crippen MR) is 382 cm³/mol. The Kier molecular flexibility index (Phi) is 35.5. The first-order valence-electron chi connectivity index (χ1n) is 31.8. The number of ketones is 3. The number of carbonyl (C=O) groups is 9. The van der Waals surface area contributed by atoms with Crippen molar-refractivity contribution in [2.75, 3.05) is 59.2 Å². The highest BCUT2D eigenvalue weighted by Crippen LogP contribution is 2.58. The third kappa shape index (κ3) is 28.8. The fourth-order valence-corrected chi connectivity index (χ4v) is 22.3. The number of Topliss-reactive ketones (excluding diaryl/α,β-unsaturated/α-hetero) is 3. The van der Waals surface area contributed by atoms with Crippen molar-refractivity contribution in [2.45, 2.75) is 208 Å². The number of aryl methyl sites for hydroxylation is 1. The van der Waals surface area contributed by atoms with Gasteiger partial charge in [-0.15, -0.1) is 70.6 Å². The molecular weight excluding hydrogens is 1370 g/mol. The number of amides is 1. The summed E-state index contributed by atoms with van der Waals surface area (Å²) < 4.78 is 56.4. The molecule has 28 heteroatoms. The smallest absolute Gasteiger partial charge is 0.310 e. The molecule has 530 valence electrons. The first-order valence-corrected chi connectivity index (χ1v) is 40.4. The van der Waals surface area contributed by atoms with Crippen LogP contribution in [0.25, 0.3) is 0 Å². The van der Waals surface area contributed by atoms with Gasteiger partial charge in [0.05, 0.1) is 65.9 Å². The Labute approximate surface area is 589 Å². The van der Waals surface area contributed by atoms with E-state index in [1.165, 1.54) is 19.1 Å². The topological polar surface area (TPSA) is 286 Å². The van der Waals surface area contributed by atoms with Crippen molar-refractivity contribution in [1.29, 1.82) is 0 Å². The predicted octanol–water partition coefficient (Wildman–Crippen LogP) is 12.6. The molecule has 0 radical (unpaired) electrons. The van der Waals surface area contributed by atoms with Crippen molar-refractivity contribution >= 4 is 159 Å². The molecule has 3 spiro atoms.